The molecule has 0 spiro atoms. The van der Waals surface area contributed by atoms with Crippen LogP contribution < -0.4 is 0 Å². The second-order valence-electron chi connectivity index (χ2n) is 8.18. The minimum absolute atomic E-state index is 0.782. The topological polar surface area (TPSA) is 25.8 Å². The Bertz CT molecular complexity index is 1440. The Morgan fingerprint density at radius 2 is 1.50 bits per heavy atom. The summed E-state index contributed by atoms with van der Waals surface area (Å²) in [6.07, 6.45) is 5.04. The highest BCUT2D eigenvalue weighted by Gasteiger charge is 2.16. The molecule has 0 atom stereocenters. The summed E-state index contributed by atoms with van der Waals surface area (Å²) >= 11 is 3.75. The summed E-state index contributed by atoms with van der Waals surface area (Å²) in [6.45, 7) is 0. The van der Waals surface area contributed by atoms with E-state index in [-0.39, 0.29) is 0 Å². The highest BCUT2D eigenvalue weighted by Crippen LogP contribution is 2.38. The normalized spacial score (nSPS) is 13.8. The molecule has 0 saturated carbocycles. The van der Waals surface area contributed by atoms with Gasteiger partial charge in [0, 0.05) is 16.3 Å². The van der Waals surface area contributed by atoms with Gasteiger partial charge in [0.25, 0.3) is 0 Å². The predicted octanol–water partition coefficient (Wildman–Crippen LogP) is 7.38. The summed E-state index contributed by atoms with van der Waals surface area (Å²) in [5, 5.41) is 16.3. The Hall–Kier alpha value is -2.78. The van der Waals surface area contributed by atoms with E-state index in [0.717, 1.165) is 27.5 Å². The van der Waals surface area contributed by atoms with E-state index in [0.29, 0.717) is 0 Å². The zero-order valence-electron chi connectivity index (χ0n) is 16.7. The molecule has 0 fully saturated rings. The molecule has 0 aliphatic heterocycles. The van der Waals surface area contributed by atoms with Gasteiger partial charge in [-0.25, -0.2) is 0 Å². The van der Waals surface area contributed by atoms with E-state index in [4.69, 9.17) is 0 Å². The van der Waals surface area contributed by atoms with Gasteiger partial charge in [0.2, 0.25) is 0 Å². The molecule has 0 N–H and O–H groups in total. The standard InChI is InChI=1S/C27H21BrN2/c28-16-25-23-12-11-20-19-7-3-1-5-17(19)9-10-21(20)22(23)13-14-24(25)27-15-18-6-2-4-8-26(18)29-30-27/h2,4,6,8-15H,1,3,5,7,16H2. The second-order valence-corrected chi connectivity index (χ2v) is 8.74. The first-order valence-corrected chi connectivity index (χ1v) is 11.7. The van der Waals surface area contributed by atoms with Gasteiger partial charge in [-0.2, -0.15) is 0 Å². The SMILES string of the molecule is BrCc1c(-c2cc3ccccc3nn2)ccc2c1ccc1c3c(ccc12)CCCC3. The molecule has 146 valence electrons. The molecule has 6 rings (SSSR count). The van der Waals surface area contributed by atoms with Crippen molar-refractivity contribution in [2.75, 3.05) is 0 Å². The monoisotopic (exact) mass is 452 g/mol. The van der Waals surface area contributed by atoms with Gasteiger partial charge in [-0.05, 0) is 76.1 Å². The van der Waals surface area contributed by atoms with E-state index in [9.17, 15) is 0 Å². The van der Waals surface area contributed by atoms with E-state index in [2.05, 4.69) is 74.7 Å². The molecule has 2 nitrogen and oxygen atoms in total. The highest BCUT2D eigenvalue weighted by atomic mass is 79.9. The van der Waals surface area contributed by atoms with Crippen LogP contribution in [-0.2, 0) is 18.2 Å². The number of hydrogen-bond acceptors (Lipinski definition) is 2. The Morgan fingerprint density at radius 3 is 2.43 bits per heavy atom. The second kappa shape index (κ2) is 7.17. The average Bonchev–Trinajstić information content (AvgIpc) is 2.82. The molecule has 1 heterocycles. The van der Waals surface area contributed by atoms with Crippen LogP contribution in [0.25, 0.3) is 43.7 Å². The first kappa shape index (κ1) is 18.0. The van der Waals surface area contributed by atoms with Crippen LogP contribution in [0.1, 0.15) is 29.5 Å². The Labute approximate surface area is 184 Å². The first-order valence-electron chi connectivity index (χ1n) is 10.6. The number of halogens is 1. The molecule has 5 aromatic rings. The van der Waals surface area contributed by atoms with Crippen LogP contribution in [-0.4, -0.2) is 10.2 Å². The molecule has 0 unspecified atom stereocenters. The van der Waals surface area contributed by atoms with Crippen LogP contribution >= 0.6 is 15.9 Å². The largest absolute Gasteiger partial charge is 0.150 e. The van der Waals surface area contributed by atoms with Gasteiger partial charge in [0.05, 0.1) is 11.2 Å². The summed E-state index contributed by atoms with van der Waals surface area (Å²) in [6, 6.07) is 24.1. The lowest BCUT2D eigenvalue weighted by atomic mass is 9.85. The molecular formula is C27H21BrN2. The van der Waals surface area contributed by atoms with Crippen LogP contribution in [0.2, 0.25) is 0 Å². The third-order valence-corrected chi connectivity index (χ3v) is 7.11. The van der Waals surface area contributed by atoms with E-state index in [1.165, 1.54) is 58.4 Å². The van der Waals surface area contributed by atoms with Crippen LogP contribution in [0, 0.1) is 0 Å². The number of aromatic nitrogens is 2. The van der Waals surface area contributed by atoms with E-state index >= 15 is 0 Å². The maximum Gasteiger partial charge on any atom is 0.0939 e. The number of benzene rings is 4. The molecule has 0 saturated heterocycles. The lowest BCUT2D eigenvalue weighted by Crippen LogP contribution is -2.03. The van der Waals surface area contributed by atoms with Crippen molar-refractivity contribution in [1.29, 1.82) is 0 Å². The van der Waals surface area contributed by atoms with Gasteiger partial charge >= 0.3 is 0 Å². The summed E-state index contributed by atoms with van der Waals surface area (Å²) in [5.74, 6) is 0. The average molecular weight is 453 g/mol. The van der Waals surface area contributed by atoms with E-state index < -0.39 is 0 Å². The number of aryl methyl sites for hydroxylation is 2. The van der Waals surface area contributed by atoms with Crippen LogP contribution in [0.5, 0.6) is 0 Å². The minimum atomic E-state index is 0.782. The smallest absolute Gasteiger partial charge is 0.0939 e. The fourth-order valence-corrected chi connectivity index (χ4v) is 5.64. The maximum absolute atomic E-state index is 4.54. The van der Waals surface area contributed by atoms with Crippen LogP contribution in [0.15, 0.2) is 66.7 Å². The quantitative estimate of drug-likeness (QED) is 0.206. The predicted molar refractivity (Wildman–Crippen MR) is 129 cm³/mol. The lowest BCUT2D eigenvalue weighted by molar-refractivity contribution is 0.690. The Balaban J connectivity index is 1.60. The van der Waals surface area contributed by atoms with Gasteiger partial charge in [-0.1, -0.05) is 70.5 Å². The number of fused-ring (bicyclic) bond motifs is 6. The molecule has 0 amide bonds. The first-order chi connectivity index (χ1) is 14.8. The van der Waals surface area contributed by atoms with E-state index in [1.807, 2.05) is 18.2 Å². The van der Waals surface area contributed by atoms with Gasteiger partial charge in [0.15, 0.2) is 0 Å². The lowest BCUT2D eigenvalue weighted by Gasteiger charge is -2.19. The number of nitrogens with zero attached hydrogens (tertiary/aromatic N) is 2. The molecule has 1 aliphatic carbocycles. The number of hydrogen-bond donors (Lipinski definition) is 0. The van der Waals surface area contributed by atoms with Crippen molar-refractivity contribution in [1.82, 2.24) is 10.2 Å². The zero-order valence-corrected chi connectivity index (χ0v) is 18.2. The molecule has 30 heavy (non-hydrogen) atoms. The Morgan fingerprint density at radius 1 is 0.733 bits per heavy atom. The molecule has 1 aliphatic rings. The highest BCUT2D eigenvalue weighted by molar-refractivity contribution is 9.08. The van der Waals surface area contributed by atoms with Crippen molar-refractivity contribution in [3.8, 4) is 11.3 Å². The maximum atomic E-state index is 4.54. The minimum Gasteiger partial charge on any atom is -0.150 e. The summed E-state index contributed by atoms with van der Waals surface area (Å²) in [4.78, 5) is 0. The van der Waals surface area contributed by atoms with Crippen molar-refractivity contribution in [3.63, 3.8) is 0 Å². The fourth-order valence-electron chi connectivity index (χ4n) is 5.04. The van der Waals surface area contributed by atoms with Crippen molar-refractivity contribution >= 4 is 48.4 Å². The molecule has 0 bridgehead atoms. The van der Waals surface area contributed by atoms with Crippen molar-refractivity contribution in [2.24, 2.45) is 0 Å². The summed E-state index contributed by atoms with van der Waals surface area (Å²) in [5.41, 5.74) is 7.38. The van der Waals surface area contributed by atoms with Crippen LogP contribution in [0.4, 0.5) is 0 Å². The molecular weight excluding hydrogens is 432 g/mol. The molecule has 0 radical (unpaired) electrons. The molecule has 1 aromatic heterocycles. The van der Waals surface area contributed by atoms with Gasteiger partial charge in [0.1, 0.15) is 0 Å². The van der Waals surface area contributed by atoms with Gasteiger partial charge in [-0.3, -0.25) is 0 Å². The van der Waals surface area contributed by atoms with Crippen molar-refractivity contribution in [3.05, 3.63) is 83.4 Å². The fraction of sp³-hybridized carbons (Fsp3) is 0.185. The summed E-state index contributed by atoms with van der Waals surface area (Å²) in [7, 11) is 0. The van der Waals surface area contributed by atoms with Gasteiger partial charge < -0.3 is 0 Å². The summed E-state index contributed by atoms with van der Waals surface area (Å²) < 4.78 is 0. The number of rotatable bonds is 2. The van der Waals surface area contributed by atoms with Crippen molar-refractivity contribution in [2.45, 2.75) is 31.0 Å². The Kier molecular flexibility index (Phi) is 4.31. The molecule has 3 heteroatoms. The molecule has 4 aromatic carbocycles. The van der Waals surface area contributed by atoms with Crippen molar-refractivity contribution < 1.29 is 0 Å². The third kappa shape index (κ3) is 2.76. The number of alkyl halides is 1. The van der Waals surface area contributed by atoms with E-state index in [1.54, 1.807) is 5.56 Å². The zero-order chi connectivity index (χ0) is 20.1. The van der Waals surface area contributed by atoms with Gasteiger partial charge in [-0.15, -0.1) is 10.2 Å². The third-order valence-electron chi connectivity index (χ3n) is 6.54. The van der Waals surface area contributed by atoms with Crippen LogP contribution in [0.3, 0.4) is 0 Å².